The summed E-state index contributed by atoms with van der Waals surface area (Å²) in [6.07, 6.45) is 6.36. The van der Waals surface area contributed by atoms with Crippen molar-refractivity contribution in [2.24, 2.45) is 10.4 Å². The van der Waals surface area contributed by atoms with Crippen LogP contribution in [0.3, 0.4) is 0 Å². The summed E-state index contributed by atoms with van der Waals surface area (Å²) in [4.78, 5) is 4.86. The van der Waals surface area contributed by atoms with Crippen LogP contribution in [0.2, 0.25) is 0 Å². The lowest BCUT2D eigenvalue weighted by molar-refractivity contribution is 0.234. The highest BCUT2D eigenvalue weighted by Crippen LogP contribution is 2.43. The van der Waals surface area contributed by atoms with Crippen molar-refractivity contribution in [3.63, 3.8) is 0 Å². The van der Waals surface area contributed by atoms with Crippen LogP contribution in [0.15, 0.2) is 47.5 Å². The first-order valence-corrected chi connectivity index (χ1v) is 8.49. The van der Waals surface area contributed by atoms with Crippen molar-refractivity contribution in [3.05, 3.63) is 79.1 Å². The molecule has 0 N–H and O–H groups in total. The molecule has 0 spiro atoms. The van der Waals surface area contributed by atoms with E-state index in [0.29, 0.717) is 6.61 Å². The second kappa shape index (κ2) is 5.91. The van der Waals surface area contributed by atoms with Gasteiger partial charge in [0, 0.05) is 5.92 Å². The third kappa shape index (κ3) is 2.72. The first kappa shape index (κ1) is 15.7. The highest BCUT2D eigenvalue weighted by Gasteiger charge is 2.40. The minimum atomic E-state index is 0.119. The minimum absolute atomic E-state index is 0.119. The maximum Gasteiger partial charge on any atom is 0.192 e. The summed E-state index contributed by atoms with van der Waals surface area (Å²) in [5.41, 5.74) is 1.35. The largest absolute Gasteiger partial charge is 0.478 e. The van der Waals surface area contributed by atoms with E-state index in [4.69, 9.17) is 9.73 Å². The summed E-state index contributed by atoms with van der Waals surface area (Å²) in [6.45, 7) is 7.30. The Morgan fingerprint density at radius 1 is 0.958 bits per heavy atom. The first-order valence-electron chi connectivity index (χ1n) is 8.49. The van der Waals surface area contributed by atoms with Gasteiger partial charge < -0.3 is 4.74 Å². The Kier molecular flexibility index (Phi) is 3.86. The molecule has 0 bridgehead atoms. The van der Waals surface area contributed by atoms with Crippen LogP contribution in [0.4, 0.5) is 0 Å². The molecule has 24 heavy (non-hydrogen) atoms. The zero-order valence-electron chi connectivity index (χ0n) is 14.4. The van der Waals surface area contributed by atoms with Gasteiger partial charge in [-0.3, -0.25) is 0 Å². The van der Waals surface area contributed by atoms with Crippen LogP contribution in [0, 0.1) is 36.5 Å². The molecule has 0 amide bonds. The number of nitrogens with zero attached hydrogens (tertiary/aromatic N) is 1. The Morgan fingerprint density at radius 3 is 2.50 bits per heavy atom. The predicted octanol–water partition coefficient (Wildman–Crippen LogP) is 4.81. The number of fused-ring (bicyclic) bond motifs is 1. The van der Waals surface area contributed by atoms with Crippen molar-refractivity contribution < 1.29 is 4.74 Å². The van der Waals surface area contributed by atoms with Crippen molar-refractivity contribution in [1.29, 1.82) is 0 Å². The SMILES string of the molecule is CC(C)(C)[C@H]1COC([C]2[CH][CH][CH][C]2c2cccc3ccccc23)=N1. The van der Waals surface area contributed by atoms with Gasteiger partial charge in [0.25, 0.3) is 0 Å². The summed E-state index contributed by atoms with van der Waals surface area (Å²) in [5.74, 6) is 3.07. The second-order valence-electron chi connectivity index (χ2n) is 7.51. The van der Waals surface area contributed by atoms with Gasteiger partial charge in [0.05, 0.1) is 12.0 Å². The Labute approximate surface area is 144 Å². The highest BCUT2D eigenvalue weighted by molar-refractivity contribution is 6.02. The fourth-order valence-corrected chi connectivity index (χ4v) is 3.27. The van der Waals surface area contributed by atoms with Crippen molar-refractivity contribution in [1.82, 2.24) is 0 Å². The van der Waals surface area contributed by atoms with Gasteiger partial charge in [-0.05, 0) is 41.0 Å². The molecule has 1 aliphatic carbocycles. The molecule has 1 heterocycles. The summed E-state index contributed by atoms with van der Waals surface area (Å²) in [6, 6.07) is 15.2. The van der Waals surface area contributed by atoms with Crippen LogP contribution < -0.4 is 0 Å². The zero-order chi connectivity index (χ0) is 16.7. The Morgan fingerprint density at radius 2 is 1.71 bits per heavy atom. The van der Waals surface area contributed by atoms with Gasteiger partial charge in [0.15, 0.2) is 5.90 Å². The quantitative estimate of drug-likeness (QED) is 0.779. The van der Waals surface area contributed by atoms with E-state index in [0.717, 1.165) is 11.8 Å². The minimum Gasteiger partial charge on any atom is -0.478 e. The lowest BCUT2D eigenvalue weighted by Crippen LogP contribution is -2.25. The highest BCUT2D eigenvalue weighted by atomic mass is 16.5. The third-order valence-electron chi connectivity index (χ3n) is 4.78. The molecular weight excluding hydrogens is 294 g/mol. The van der Waals surface area contributed by atoms with Crippen molar-refractivity contribution in [2.45, 2.75) is 26.8 Å². The van der Waals surface area contributed by atoms with E-state index < -0.39 is 0 Å². The molecule has 5 radical (unpaired) electrons. The van der Waals surface area contributed by atoms with Gasteiger partial charge in [-0.25, -0.2) is 4.99 Å². The molecule has 2 nitrogen and oxygen atoms in total. The average molecular weight is 316 g/mol. The van der Waals surface area contributed by atoms with Crippen molar-refractivity contribution in [3.8, 4) is 0 Å². The maximum absolute atomic E-state index is 5.96. The normalized spacial score (nSPS) is 22.8. The average Bonchev–Trinajstić information content (AvgIpc) is 3.22. The Hall–Kier alpha value is -1.83. The van der Waals surface area contributed by atoms with Crippen LogP contribution in [-0.2, 0) is 4.74 Å². The van der Waals surface area contributed by atoms with Gasteiger partial charge in [-0.1, -0.05) is 63.2 Å². The fourth-order valence-electron chi connectivity index (χ4n) is 3.27. The van der Waals surface area contributed by atoms with Crippen LogP contribution in [0.1, 0.15) is 26.3 Å². The fraction of sp³-hybridized carbons (Fsp3) is 0.273. The number of hydrogen-bond acceptors (Lipinski definition) is 2. The zero-order valence-corrected chi connectivity index (χ0v) is 14.4. The lowest BCUT2D eigenvalue weighted by atomic mass is 9.85. The summed E-state index contributed by atoms with van der Waals surface area (Å²) >= 11 is 0. The smallest absolute Gasteiger partial charge is 0.192 e. The predicted molar refractivity (Wildman–Crippen MR) is 99.1 cm³/mol. The van der Waals surface area contributed by atoms with Gasteiger partial charge >= 0.3 is 0 Å². The topological polar surface area (TPSA) is 21.6 Å². The van der Waals surface area contributed by atoms with E-state index in [9.17, 15) is 0 Å². The van der Waals surface area contributed by atoms with Gasteiger partial charge in [0.1, 0.15) is 6.61 Å². The van der Waals surface area contributed by atoms with E-state index in [-0.39, 0.29) is 11.5 Å². The molecule has 2 aromatic carbocycles. The second-order valence-corrected chi connectivity index (χ2v) is 7.51. The molecule has 1 fully saturated rings. The molecule has 2 aromatic rings. The summed E-state index contributed by atoms with van der Waals surface area (Å²) < 4.78 is 5.96. The molecule has 2 aliphatic rings. The number of aliphatic imine (C=N–C) groups is 1. The first-order chi connectivity index (χ1) is 11.5. The number of ether oxygens (including phenoxy) is 1. The third-order valence-corrected chi connectivity index (χ3v) is 4.78. The Balaban J connectivity index is 1.68. The van der Waals surface area contributed by atoms with Crippen LogP contribution in [0.25, 0.3) is 10.8 Å². The maximum atomic E-state index is 5.96. The molecule has 4 rings (SSSR count). The van der Waals surface area contributed by atoms with Gasteiger partial charge in [0.2, 0.25) is 0 Å². The van der Waals surface area contributed by atoms with Crippen LogP contribution in [0.5, 0.6) is 0 Å². The van der Waals surface area contributed by atoms with Gasteiger partial charge in [-0.2, -0.15) is 0 Å². The van der Waals surface area contributed by atoms with E-state index in [1.807, 2.05) is 0 Å². The van der Waals surface area contributed by atoms with E-state index in [2.05, 4.69) is 82.5 Å². The standard InChI is InChI=1S/C22H22NO/c1-22(2,3)20-14-24-21(23-20)19-13-7-12-18(19)17-11-6-9-15-8-4-5-10-16(15)17/h4-13,20H,14H2,1-3H3/t20-/m1/s1. The van der Waals surface area contributed by atoms with Gasteiger partial charge in [-0.15, -0.1) is 0 Å². The molecule has 1 atom stereocenters. The molecule has 1 saturated carbocycles. The molecule has 0 unspecified atom stereocenters. The molecular formula is C22H22NO. The van der Waals surface area contributed by atoms with Crippen molar-refractivity contribution in [2.75, 3.05) is 6.61 Å². The summed E-state index contributed by atoms with van der Waals surface area (Å²) in [5, 5.41) is 2.52. The molecule has 0 aromatic heterocycles. The van der Waals surface area contributed by atoms with E-state index >= 15 is 0 Å². The van der Waals surface area contributed by atoms with Crippen molar-refractivity contribution >= 4 is 16.7 Å². The molecule has 1 aliphatic heterocycles. The van der Waals surface area contributed by atoms with E-state index in [1.165, 1.54) is 22.3 Å². The monoisotopic (exact) mass is 316 g/mol. The van der Waals surface area contributed by atoms with Crippen LogP contribution in [-0.4, -0.2) is 18.5 Å². The molecule has 121 valence electrons. The molecule has 2 heteroatoms. The number of rotatable bonds is 2. The van der Waals surface area contributed by atoms with Crippen LogP contribution >= 0.6 is 0 Å². The Bertz CT molecular complexity index is 766. The van der Waals surface area contributed by atoms with E-state index in [1.54, 1.807) is 0 Å². The summed E-state index contributed by atoms with van der Waals surface area (Å²) in [7, 11) is 0. The lowest BCUT2D eigenvalue weighted by Gasteiger charge is -2.22. The number of hydrogen-bond donors (Lipinski definition) is 0. The number of benzene rings is 2. The molecule has 0 saturated heterocycles.